The molecule has 0 unspecified atom stereocenters. The van der Waals surface area contributed by atoms with Crippen LogP contribution in [0.3, 0.4) is 0 Å². The maximum Gasteiger partial charge on any atom is 0.488 e. The predicted molar refractivity (Wildman–Crippen MR) is 63.6 cm³/mol. The van der Waals surface area contributed by atoms with Crippen molar-refractivity contribution in [2.45, 2.75) is 11.8 Å². The number of aryl methyl sites for hydroxylation is 1. The fourth-order valence-corrected chi connectivity index (χ4v) is 2.76. The molecule has 5 heteroatoms. The van der Waals surface area contributed by atoms with Crippen molar-refractivity contribution in [2.75, 3.05) is 0 Å². The van der Waals surface area contributed by atoms with E-state index in [1.165, 1.54) is 4.88 Å². The van der Waals surface area contributed by atoms with E-state index in [4.69, 9.17) is 10.0 Å². The zero-order valence-corrected chi connectivity index (χ0v) is 9.27. The first-order chi connectivity index (χ1) is 6.58. The summed E-state index contributed by atoms with van der Waals surface area (Å²) >= 11 is 5.98. The van der Waals surface area contributed by atoms with Crippen LogP contribution >= 0.6 is 24.0 Å². The van der Waals surface area contributed by atoms with Crippen molar-refractivity contribution in [2.24, 2.45) is 0 Å². The van der Waals surface area contributed by atoms with Crippen molar-refractivity contribution in [1.29, 1.82) is 0 Å². The monoisotopic (exact) mass is 224 g/mol. The number of thiophene rings is 1. The van der Waals surface area contributed by atoms with E-state index in [9.17, 15) is 0 Å². The van der Waals surface area contributed by atoms with Crippen LogP contribution in [0.4, 0.5) is 0 Å². The largest absolute Gasteiger partial charge is 0.488 e. The van der Waals surface area contributed by atoms with Crippen LogP contribution < -0.4 is 5.46 Å². The van der Waals surface area contributed by atoms with Crippen LogP contribution in [0.2, 0.25) is 0 Å². The molecule has 0 aliphatic rings. The molecule has 2 rings (SSSR count). The normalized spacial score (nSPS) is 10.9. The summed E-state index contributed by atoms with van der Waals surface area (Å²) in [6.07, 6.45) is 0. The minimum Gasteiger partial charge on any atom is -0.423 e. The Morgan fingerprint density at radius 1 is 1.29 bits per heavy atom. The number of benzene rings is 1. The summed E-state index contributed by atoms with van der Waals surface area (Å²) in [6.45, 7) is 2.02. The molecule has 0 bridgehead atoms. The van der Waals surface area contributed by atoms with Crippen molar-refractivity contribution in [3.63, 3.8) is 0 Å². The lowest BCUT2D eigenvalue weighted by atomic mass is 9.80. The van der Waals surface area contributed by atoms with E-state index < -0.39 is 7.12 Å². The predicted octanol–water partition coefficient (Wildman–Crippen LogP) is 1.18. The summed E-state index contributed by atoms with van der Waals surface area (Å²) in [5, 5.41) is 19.1. The fraction of sp³-hybridized carbons (Fsp3) is 0.111. The van der Waals surface area contributed by atoms with Crippen molar-refractivity contribution >= 4 is 46.6 Å². The van der Waals surface area contributed by atoms with E-state index in [0.29, 0.717) is 5.46 Å². The van der Waals surface area contributed by atoms with Gasteiger partial charge in [0.25, 0.3) is 0 Å². The quantitative estimate of drug-likeness (QED) is 0.502. The number of hydrogen-bond donors (Lipinski definition) is 3. The highest BCUT2D eigenvalue weighted by Gasteiger charge is 2.13. The van der Waals surface area contributed by atoms with Gasteiger partial charge in [-0.2, -0.15) is 0 Å². The average Bonchev–Trinajstić information content (AvgIpc) is 2.45. The van der Waals surface area contributed by atoms with Crippen molar-refractivity contribution in [3.8, 4) is 0 Å². The molecule has 0 amide bonds. The smallest absolute Gasteiger partial charge is 0.423 e. The molecule has 0 spiro atoms. The Kier molecular flexibility index (Phi) is 2.57. The maximum absolute atomic E-state index is 9.04. The molecule has 72 valence electrons. The third kappa shape index (κ3) is 1.68. The number of rotatable bonds is 1. The average molecular weight is 224 g/mol. The Morgan fingerprint density at radius 3 is 2.64 bits per heavy atom. The highest BCUT2D eigenvalue weighted by Crippen LogP contribution is 2.29. The van der Waals surface area contributed by atoms with E-state index in [1.807, 2.05) is 13.0 Å². The van der Waals surface area contributed by atoms with Gasteiger partial charge in [-0.1, -0.05) is 6.07 Å². The molecule has 2 N–H and O–H groups in total. The Labute approximate surface area is 91.8 Å². The minimum absolute atomic E-state index is 0.486. The lowest BCUT2D eigenvalue weighted by Gasteiger charge is -2.01. The molecule has 0 radical (unpaired) electrons. The Balaban J connectivity index is 2.71. The second kappa shape index (κ2) is 3.58. The Hall–Kier alpha value is -0.485. The summed E-state index contributed by atoms with van der Waals surface area (Å²) in [5.41, 5.74) is 0.486. The molecule has 1 aromatic heterocycles. The van der Waals surface area contributed by atoms with Crippen LogP contribution in [0.1, 0.15) is 4.88 Å². The molecule has 1 aromatic carbocycles. The lowest BCUT2D eigenvalue weighted by molar-refractivity contribution is 0.426. The van der Waals surface area contributed by atoms with Gasteiger partial charge in [-0.15, -0.1) is 24.0 Å². The Morgan fingerprint density at radius 2 is 2.00 bits per heavy atom. The molecule has 0 saturated heterocycles. The molecule has 0 aliphatic heterocycles. The van der Waals surface area contributed by atoms with Gasteiger partial charge in [0.05, 0.1) is 0 Å². The van der Waals surface area contributed by atoms with Crippen molar-refractivity contribution in [1.82, 2.24) is 0 Å². The van der Waals surface area contributed by atoms with E-state index in [-0.39, 0.29) is 0 Å². The molecular weight excluding hydrogens is 215 g/mol. The first-order valence-corrected chi connectivity index (χ1v) is 5.43. The molecule has 0 fully saturated rings. The van der Waals surface area contributed by atoms with Gasteiger partial charge in [-0.3, -0.25) is 0 Å². The van der Waals surface area contributed by atoms with Gasteiger partial charge in [0, 0.05) is 14.5 Å². The van der Waals surface area contributed by atoms with Gasteiger partial charge in [-0.25, -0.2) is 0 Å². The summed E-state index contributed by atoms with van der Waals surface area (Å²) in [4.78, 5) is 1.99. The van der Waals surface area contributed by atoms with E-state index in [0.717, 1.165) is 15.0 Å². The zero-order chi connectivity index (χ0) is 10.3. The van der Waals surface area contributed by atoms with E-state index in [2.05, 4.69) is 12.6 Å². The molecule has 1 heterocycles. The van der Waals surface area contributed by atoms with Gasteiger partial charge in [0.15, 0.2) is 0 Å². The van der Waals surface area contributed by atoms with Crippen LogP contribution in [0.5, 0.6) is 0 Å². The number of thiol groups is 1. The molecule has 2 nitrogen and oxygen atoms in total. The lowest BCUT2D eigenvalue weighted by Crippen LogP contribution is -2.29. The van der Waals surface area contributed by atoms with E-state index in [1.54, 1.807) is 23.5 Å². The molecule has 0 saturated carbocycles. The van der Waals surface area contributed by atoms with Gasteiger partial charge >= 0.3 is 7.12 Å². The van der Waals surface area contributed by atoms with Gasteiger partial charge in [0.2, 0.25) is 0 Å². The zero-order valence-electron chi connectivity index (χ0n) is 7.56. The molecule has 14 heavy (non-hydrogen) atoms. The topological polar surface area (TPSA) is 40.5 Å². The van der Waals surface area contributed by atoms with Crippen LogP contribution in [0.15, 0.2) is 23.1 Å². The summed E-state index contributed by atoms with van der Waals surface area (Å²) in [5.74, 6) is 0. The third-order valence-corrected chi connectivity index (χ3v) is 3.64. The SMILES string of the molecule is Cc1cc2cc(B(O)O)cc(S)c2s1. The standard InChI is InChI=1S/C9H9BO2S2/c1-5-2-6-3-7(10(11)12)4-8(13)9(6)14-5/h2-4,11-13H,1H3. The second-order valence-electron chi connectivity index (χ2n) is 3.19. The third-order valence-electron chi connectivity index (χ3n) is 2.04. The van der Waals surface area contributed by atoms with Gasteiger partial charge < -0.3 is 10.0 Å². The molecule has 2 aromatic rings. The Bertz CT molecular complexity index is 479. The molecular formula is C9H9BO2S2. The maximum atomic E-state index is 9.04. The van der Waals surface area contributed by atoms with Gasteiger partial charge in [-0.05, 0) is 29.9 Å². The van der Waals surface area contributed by atoms with Crippen LogP contribution in [-0.2, 0) is 0 Å². The number of fused-ring (bicyclic) bond motifs is 1. The van der Waals surface area contributed by atoms with Gasteiger partial charge in [0.1, 0.15) is 0 Å². The van der Waals surface area contributed by atoms with Crippen molar-refractivity contribution < 1.29 is 10.0 Å². The van der Waals surface area contributed by atoms with Crippen LogP contribution in [0.25, 0.3) is 10.1 Å². The molecule has 0 atom stereocenters. The first-order valence-electron chi connectivity index (χ1n) is 4.17. The van der Waals surface area contributed by atoms with Crippen molar-refractivity contribution in [3.05, 3.63) is 23.1 Å². The van der Waals surface area contributed by atoms with E-state index >= 15 is 0 Å². The first kappa shape index (κ1) is 10.0. The summed E-state index contributed by atoms with van der Waals surface area (Å²) in [7, 11) is -1.43. The second-order valence-corrected chi connectivity index (χ2v) is 4.93. The highest BCUT2D eigenvalue weighted by molar-refractivity contribution is 7.80. The fourth-order valence-electron chi connectivity index (χ4n) is 1.44. The number of hydrogen-bond acceptors (Lipinski definition) is 4. The van der Waals surface area contributed by atoms with Crippen LogP contribution in [-0.4, -0.2) is 17.2 Å². The summed E-state index contributed by atoms with van der Waals surface area (Å²) < 4.78 is 1.09. The minimum atomic E-state index is -1.43. The molecule has 0 aliphatic carbocycles. The summed E-state index contributed by atoms with van der Waals surface area (Å²) in [6, 6.07) is 5.49. The van der Waals surface area contributed by atoms with Crippen LogP contribution in [0, 0.1) is 6.92 Å². The highest BCUT2D eigenvalue weighted by atomic mass is 32.1.